The molecule has 2 atom stereocenters. The summed E-state index contributed by atoms with van der Waals surface area (Å²) in [7, 11) is 1.46. The minimum atomic E-state index is -0.0881. The van der Waals surface area contributed by atoms with E-state index < -0.39 is 0 Å². The summed E-state index contributed by atoms with van der Waals surface area (Å²) in [4.78, 5) is 11.3. The van der Waals surface area contributed by atoms with Gasteiger partial charge in [0, 0.05) is 6.04 Å². The van der Waals surface area contributed by atoms with Crippen LogP contribution in [0.2, 0.25) is 0 Å². The molecule has 0 aliphatic rings. The number of unbranched alkanes of at least 4 members (excludes halogenated alkanes) is 5. The van der Waals surface area contributed by atoms with Gasteiger partial charge < -0.3 is 10.5 Å². The molecular weight excluding hydrogens is 274 g/mol. The molecule has 3 nitrogen and oxygen atoms in total. The fourth-order valence-corrected chi connectivity index (χ4v) is 2.71. The van der Waals surface area contributed by atoms with E-state index in [1.807, 2.05) is 25.1 Å². The second-order valence-corrected chi connectivity index (χ2v) is 6.14. The Balaban J connectivity index is 1.97. The van der Waals surface area contributed by atoms with Gasteiger partial charge in [-0.2, -0.15) is 0 Å². The predicted molar refractivity (Wildman–Crippen MR) is 91.5 cm³/mol. The van der Waals surface area contributed by atoms with Crippen LogP contribution in [0.15, 0.2) is 30.3 Å². The minimum absolute atomic E-state index is 0.0360. The highest BCUT2D eigenvalue weighted by Gasteiger charge is 2.11. The lowest BCUT2D eigenvalue weighted by molar-refractivity contribution is -0.145. The number of carbonyl (C=O) groups is 1. The number of nitrogens with two attached hydrogens (primary N) is 1. The summed E-state index contributed by atoms with van der Waals surface area (Å²) in [5, 5.41) is 0. The van der Waals surface area contributed by atoms with E-state index in [0.717, 1.165) is 19.3 Å². The smallest absolute Gasteiger partial charge is 0.308 e. The largest absolute Gasteiger partial charge is 0.469 e. The quantitative estimate of drug-likeness (QED) is 0.479. The van der Waals surface area contributed by atoms with Crippen molar-refractivity contribution in [2.45, 2.75) is 64.3 Å². The van der Waals surface area contributed by atoms with Crippen LogP contribution in [0.3, 0.4) is 0 Å². The second kappa shape index (κ2) is 11.2. The van der Waals surface area contributed by atoms with Crippen molar-refractivity contribution >= 4 is 5.97 Å². The van der Waals surface area contributed by atoms with E-state index in [1.54, 1.807) is 0 Å². The van der Waals surface area contributed by atoms with Crippen molar-refractivity contribution in [1.29, 1.82) is 0 Å². The maximum atomic E-state index is 11.3. The zero-order valence-corrected chi connectivity index (χ0v) is 14.1. The maximum Gasteiger partial charge on any atom is 0.308 e. The molecule has 0 aliphatic heterocycles. The molecule has 0 bridgehead atoms. The summed E-state index contributed by atoms with van der Waals surface area (Å²) in [5.74, 6) is -0.0521. The molecular formula is C19H31NO2. The molecule has 1 aromatic rings. The van der Waals surface area contributed by atoms with Gasteiger partial charge >= 0.3 is 5.97 Å². The molecule has 0 amide bonds. The van der Waals surface area contributed by atoms with Gasteiger partial charge in [-0.05, 0) is 18.4 Å². The number of benzene rings is 1. The molecule has 1 aromatic carbocycles. The third-order valence-electron chi connectivity index (χ3n) is 4.23. The van der Waals surface area contributed by atoms with Crippen molar-refractivity contribution in [3.8, 4) is 0 Å². The van der Waals surface area contributed by atoms with Gasteiger partial charge in [0.25, 0.3) is 0 Å². The van der Waals surface area contributed by atoms with E-state index in [2.05, 4.69) is 12.1 Å². The average molecular weight is 305 g/mol. The lowest BCUT2D eigenvalue weighted by atomic mass is 9.99. The molecule has 0 fully saturated rings. The first-order chi connectivity index (χ1) is 10.6. The number of esters is 1. The Kier molecular flexibility index (Phi) is 9.56. The van der Waals surface area contributed by atoms with Crippen LogP contribution in [0.25, 0.3) is 0 Å². The number of ether oxygens (including phenoxy) is 1. The summed E-state index contributed by atoms with van der Waals surface area (Å²) in [6.07, 6.45) is 9.24. The van der Waals surface area contributed by atoms with Crippen LogP contribution in [-0.2, 0) is 9.53 Å². The molecule has 0 spiro atoms. The van der Waals surface area contributed by atoms with E-state index in [1.165, 1.54) is 44.8 Å². The molecule has 0 saturated heterocycles. The monoisotopic (exact) mass is 305 g/mol. The molecule has 0 heterocycles. The molecule has 1 rings (SSSR count). The Hall–Kier alpha value is -1.35. The standard InChI is InChI=1S/C19H31NO2/c1-16(19(21)22-2)12-8-5-3-4-6-11-15-18(20)17-13-9-7-10-14-17/h7,9-10,13-14,16,18H,3-6,8,11-12,15,20H2,1-2H3. The predicted octanol–water partition coefficient (Wildman–Crippen LogP) is 4.62. The SMILES string of the molecule is COC(=O)C(C)CCCCCCCCC(N)c1ccccc1. The van der Waals surface area contributed by atoms with Crippen LogP contribution in [0.1, 0.15) is 69.9 Å². The topological polar surface area (TPSA) is 52.3 Å². The first-order valence-corrected chi connectivity index (χ1v) is 8.53. The Labute approximate surface area is 135 Å². The highest BCUT2D eigenvalue weighted by molar-refractivity contribution is 5.71. The fraction of sp³-hybridized carbons (Fsp3) is 0.632. The van der Waals surface area contributed by atoms with Crippen molar-refractivity contribution in [2.75, 3.05) is 7.11 Å². The summed E-state index contributed by atoms with van der Waals surface area (Å²) in [6, 6.07) is 10.5. The normalized spacial score (nSPS) is 13.6. The van der Waals surface area contributed by atoms with Crippen molar-refractivity contribution in [1.82, 2.24) is 0 Å². The number of carbonyl (C=O) groups excluding carboxylic acids is 1. The lowest BCUT2D eigenvalue weighted by Crippen LogP contribution is -2.12. The van der Waals surface area contributed by atoms with Gasteiger partial charge in [0.1, 0.15) is 0 Å². The Bertz CT molecular complexity index is 405. The van der Waals surface area contributed by atoms with Crippen LogP contribution in [0, 0.1) is 5.92 Å². The number of rotatable bonds is 11. The van der Waals surface area contributed by atoms with Crippen LogP contribution in [0.4, 0.5) is 0 Å². The van der Waals surface area contributed by atoms with Gasteiger partial charge in [-0.1, -0.05) is 75.8 Å². The third kappa shape index (κ3) is 7.60. The minimum Gasteiger partial charge on any atom is -0.469 e. The number of hydrogen-bond donors (Lipinski definition) is 1. The van der Waals surface area contributed by atoms with Crippen molar-refractivity contribution in [3.63, 3.8) is 0 Å². The molecule has 22 heavy (non-hydrogen) atoms. The Morgan fingerprint density at radius 2 is 1.55 bits per heavy atom. The van der Waals surface area contributed by atoms with Gasteiger partial charge in [0.2, 0.25) is 0 Å². The molecule has 124 valence electrons. The number of methoxy groups -OCH3 is 1. The van der Waals surface area contributed by atoms with E-state index in [9.17, 15) is 4.79 Å². The molecule has 0 radical (unpaired) electrons. The molecule has 0 saturated carbocycles. The third-order valence-corrected chi connectivity index (χ3v) is 4.23. The van der Waals surface area contributed by atoms with Gasteiger partial charge in [-0.3, -0.25) is 4.79 Å². The van der Waals surface area contributed by atoms with Crippen LogP contribution in [0.5, 0.6) is 0 Å². The average Bonchev–Trinajstić information content (AvgIpc) is 2.56. The maximum absolute atomic E-state index is 11.3. The highest BCUT2D eigenvalue weighted by Crippen LogP contribution is 2.18. The second-order valence-electron chi connectivity index (χ2n) is 6.14. The van der Waals surface area contributed by atoms with Gasteiger partial charge in [-0.15, -0.1) is 0 Å². The fourth-order valence-electron chi connectivity index (χ4n) is 2.71. The van der Waals surface area contributed by atoms with Gasteiger partial charge in [0.15, 0.2) is 0 Å². The number of hydrogen-bond acceptors (Lipinski definition) is 3. The van der Waals surface area contributed by atoms with Crippen LogP contribution < -0.4 is 5.73 Å². The van der Waals surface area contributed by atoms with E-state index in [4.69, 9.17) is 10.5 Å². The molecule has 0 aliphatic carbocycles. The summed E-state index contributed by atoms with van der Waals surface area (Å²) < 4.78 is 4.73. The lowest BCUT2D eigenvalue weighted by Gasteiger charge is -2.11. The highest BCUT2D eigenvalue weighted by atomic mass is 16.5. The van der Waals surface area contributed by atoms with Crippen molar-refractivity contribution in [2.24, 2.45) is 11.7 Å². The van der Waals surface area contributed by atoms with Crippen molar-refractivity contribution < 1.29 is 9.53 Å². The van der Waals surface area contributed by atoms with Crippen LogP contribution >= 0.6 is 0 Å². The first kappa shape index (κ1) is 18.7. The zero-order chi connectivity index (χ0) is 16.2. The van der Waals surface area contributed by atoms with E-state index >= 15 is 0 Å². The van der Waals surface area contributed by atoms with Gasteiger partial charge in [-0.25, -0.2) is 0 Å². The van der Waals surface area contributed by atoms with Crippen LogP contribution in [-0.4, -0.2) is 13.1 Å². The first-order valence-electron chi connectivity index (χ1n) is 8.53. The van der Waals surface area contributed by atoms with Gasteiger partial charge in [0.05, 0.1) is 13.0 Å². The summed E-state index contributed by atoms with van der Waals surface area (Å²) in [6.45, 7) is 1.94. The molecule has 2 unspecified atom stereocenters. The molecule has 3 heteroatoms. The van der Waals surface area contributed by atoms with E-state index in [-0.39, 0.29) is 17.9 Å². The Morgan fingerprint density at radius 3 is 2.14 bits per heavy atom. The van der Waals surface area contributed by atoms with Crippen molar-refractivity contribution in [3.05, 3.63) is 35.9 Å². The zero-order valence-electron chi connectivity index (χ0n) is 14.1. The van der Waals surface area contributed by atoms with E-state index in [0.29, 0.717) is 0 Å². The summed E-state index contributed by atoms with van der Waals surface area (Å²) in [5.41, 5.74) is 7.42. The molecule has 0 aromatic heterocycles. The molecule has 2 N–H and O–H groups in total. The Morgan fingerprint density at radius 1 is 1.00 bits per heavy atom. The summed E-state index contributed by atoms with van der Waals surface area (Å²) >= 11 is 0.